The fourth-order valence-corrected chi connectivity index (χ4v) is 2.92. The van der Waals surface area contributed by atoms with Gasteiger partial charge in [-0.05, 0) is 55.4 Å². The number of aryl methyl sites for hydroxylation is 1. The first-order valence-electron chi connectivity index (χ1n) is 6.56. The number of carboxylic acid groups (broad SMARTS) is 1. The van der Waals surface area contributed by atoms with Gasteiger partial charge in [0.2, 0.25) is 0 Å². The monoisotopic (exact) mass is 250 g/mol. The van der Waals surface area contributed by atoms with Crippen LogP contribution in [0.15, 0.2) is 18.2 Å². The van der Waals surface area contributed by atoms with Crippen molar-refractivity contribution in [2.45, 2.75) is 39.0 Å². The highest BCUT2D eigenvalue weighted by Gasteiger charge is 2.30. The standard InChI is InChI=1S/C15H19FO2/c1-10-6-7-13(16)9-12(10)8-11-4-2-3-5-14(11)15(17)18/h6-7,9,11,14H,2-5,8H2,1H3,(H,17,18). The third-order valence-corrected chi connectivity index (χ3v) is 4.02. The fraction of sp³-hybridized carbons (Fsp3) is 0.533. The normalized spacial score (nSPS) is 23.9. The van der Waals surface area contributed by atoms with Crippen LogP contribution in [0.4, 0.5) is 4.39 Å². The van der Waals surface area contributed by atoms with Gasteiger partial charge in [0, 0.05) is 0 Å². The molecule has 1 saturated carbocycles. The average Bonchev–Trinajstić information content (AvgIpc) is 2.34. The summed E-state index contributed by atoms with van der Waals surface area (Å²) in [4.78, 5) is 11.2. The van der Waals surface area contributed by atoms with Crippen LogP contribution < -0.4 is 0 Å². The zero-order valence-electron chi connectivity index (χ0n) is 10.7. The quantitative estimate of drug-likeness (QED) is 0.890. The predicted molar refractivity (Wildman–Crippen MR) is 67.9 cm³/mol. The largest absolute Gasteiger partial charge is 0.481 e. The van der Waals surface area contributed by atoms with E-state index in [1.165, 1.54) is 6.07 Å². The molecule has 0 saturated heterocycles. The first-order chi connectivity index (χ1) is 8.58. The minimum atomic E-state index is -0.700. The molecule has 1 aliphatic rings. The Hall–Kier alpha value is -1.38. The van der Waals surface area contributed by atoms with E-state index in [2.05, 4.69) is 0 Å². The molecule has 2 unspecified atom stereocenters. The van der Waals surface area contributed by atoms with Crippen molar-refractivity contribution in [2.24, 2.45) is 11.8 Å². The van der Waals surface area contributed by atoms with Gasteiger partial charge in [0.15, 0.2) is 0 Å². The van der Waals surface area contributed by atoms with Gasteiger partial charge in [-0.2, -0.15) is 0 Å². The van der Waals surface area contributed by atoms with E-state index in [1.807, 2.05) is 6.92 Å². The van der Waals surface area contributed by atoms with Crippen LogP contribution in [0.2, 0.25) is 0 Å². The summed E-state index contributed by atoms with van der Waals surface area (Å²) < 4.78 is 13.2. The molecule has 0 bridgehead atoms. The first kappa shape index (κ1) is 13.1. The third-order valence-electron chi connectivity index (χ3n) is 4.02. The highest BCUT2D eigenvalue weighted by Crippen LogP contribution is 2.33. The maximum atomic E-state index is 13.2. The summed E-state index contributed by atoms with van der Waals surface area (Å²) >= 11 is 0. The first-order valence-corrected chi connectivity index (χ1v) is 6.56. The van der Waals surface area contributed by atoms with Crippen LogP contribution >= 0.6 is 0 Å². The molecular weight excluding hydrogens is 231 g/mol. The van der Waals surface area contributed by atoms with Crippen molar-refractivity contribution >= 4 is 5.97 Å². The summed E-state index contributed by atoms with van der Waals surface area (Å²) in [5.74, 6) is -1.05. The Labute approximate surface area is 107 Å². The van der Waals surface area contributed by atoms with E-state index in [0.29, 0.717) is 6.42 Å². The highest BCUT2D eigenvalue weighted by molar-refractivity contribution is 5.70. The summed E-state index contributed by atoms with van der Waals surface area (Å²) in [6.45, 7) is 1.95. The summed E-state index contributed by atoms with van der Waals surface area (Å²) in [6, 6.07) is 4.76. The molecule has 1 fully saturated rings. The molecule has 0 radical (unpaired) electrons. The number of aliphatic carboxylic acids is 1. The van der Waals surface area contributed by atoms with E-state index >= 15 is 0 Å². The Balaban J connectivity index is 2.15. The van der Waals surface area contributed by atoms with Crippen molar-refractivity contribution in [1.82, 2.24) is 0 Å². The van der Waals surface area contributed by atoms with Gasteiger partial charge < -0.3 is 5.11 Å². The van der Waals surface area contributed by atoms with E-state index in [1.54, 1.807) is 12.1 Å². The molecule has 0 aliphatic heterocycles. The van der Waals surface area contributed by atoms with Crippen molar-refractivity contribution in [1.29, 1.82) is 0 Å². The van der Waals surface area contributed by atoms with Crippen molar-refractivity contribution in [3.8, 4) is 0 Å². The van der Waals surface area contributed by atoms with Crippen LogP contribution in [0.3, 0.4) is 0 Å². The summed E-state index contributed by atoms with van der Waals surface area (Å²) in [6.07, 6.45) is 4.46. The number of hydrogen-bond acceptors (Lipinski definition) is 1. The van der Waals surface area contributed by atoms with Gasteiger partial charge in [0.1, 0.15) is 5.82 Å². The Morgan fingerprint density at radius 2 is 2.11 bits per heavy atom. The van der Waals surface area contributed by atoms with Crippen LogP contribution in [0.5, 0.6) is 0 Å². The SMILES string of the molecule is Cc1ccc(F)cc1CC1CCCCC1C(=O)O. The van der Waals surface area contributed by atoms with Crippen molar-refractivity contribution < 1.29 is 14.3 Å². The van der Waals surface area contributed by atoms with Crippen molar-refractivity contribution in [3.05, 3.63) is 35.1 Å². The number of hydrogen-bond donors (Lipinski definition) is 1. The zero-order chi connectivity index (χ0) is 13.1. The molecule has 2 atom stereocenters. The van der Waals surface area contributed by atoms with E-state index in [0.717, 1.165) is 36.8 Å². The molecule has 98 valence electrons. The molecule has 1 N–H and O–H groups in total. The van der Waals surface area contributed by atoms with E-state index < -0.39 is 5.97 Å². The molecule has 18 heavy (non-hydrogen) atoms. The van der Waals surface area contributed by atoms with E-state index in [9.17, 15) is 14.3 Å². The number of benzene rings is 1. The predicted octanol–water partition coefficient (Wildman–Crippen LogP) is 3.57. The fourth-order valence-electron chi connectivity index (χ4n) is 2.92. The van der Waals surface area contributed by atoms with Gasteiger partial charge in [0.05, 0.1) is 5.92 Å². The second-order valence-corrected chi connectivity index (χ2v) is 5.26. The smallest absolute Gasteiger partial charge is 0.306 e. The molecule has 0 aromatic heterocycles. The van der Waals surface area contributed by atoms with Crippen LogP contribution in [0.1, 0.15) is 36.8 Å². The second kappa shape index (κ2) is 5.51. The minimum absolute atomic E-state index is 0.150. The third kappa shape index (κ3) is 2.89. The molecule has 1 aromatic carbocycles. The molecule has 1 aromatic rings. The van der Waals surface area contributed by atoms with E-state index in [-0.39, 0.29) is 17.7 Å². The van der Waals surface area contributed by atoms with E-state index in [4.69, 9.17) is 0 Å². The highest BCUT2D eigenvalue weighted by atomic mass is 19.1. The lowest BCUT2D eigenvalue weighted by Crippen LogP contribution is -2.28. The van der Waals surface area contributed by atoms with Gasteiger partial charge in [0.25, 0.3) is 0 Å². The van der Waals surface area contributed by atoms with Crippen LogP contribution in [-0.2, 0) is 11.2 Å². The summed E-state index contributed by atoms with van der Waals surface area (Å²) in [5.41, 5.74) is 2.00. The Bertz CT molecular complexity index is 442. The molecule has 2 nitrogen and oxygen atoms in total. The van der Waals surface area contributed by atoms with Gasteiger partial charge in [-0.1, -0.05) is 18.9 Å². The zero-order valence-corrected chi connectivity index (χ0v) is 10.7. The lowest BCUT2D eigenvalue weighted by Gasteiger charge is -2.29. The van der Waals surface area contributed by atoms with Gasteiger partial charge in [-0.3, -0.25) is 4.79 Å². The second-order valence-electron chi connectivity index (χ2n) is 5.26. The molecule has 0 amide bonds. The van der Waals surface area contributed by atoms with Crippen molar-refractivity contribution in [3.63, 3.8) is 0 Å². The Morgan fingerprint density at radius 3 is 2.83 bits per heavy atom. The molecule has 0 heterocycles. The Morgan fingerprint density at radius 1 is 1.39 bits per heavy atom. The van der Waals surface area contributed by atoms with Crippen LogP contribution in [0.25, 0.3) is 0 Å². The lowest BCUT2D eigenvalue weighted by molar-refractivity contribution is -0.144. The number of carboxylic acids is 1. The van der Waals surface area contributed by atoms with Gasteiger partial charge in [-0.15, -0.1) is 0 Å². The lowest BCUT2D eigenvalue weighted by atomic mass is 9.76. The van der Waals surface area contributed by atoms with Gasteiger partial charge in [-0.25, -0.2) is 4.39 Å². The maximum Gasteiger partial charge on any atom is 0.306 e. The Kier molecular flexibility index (Phi) is 4.00. The topological polar surface area (TPSA) is 37.3 Å². The van der Waals surface area contributed by atoms with Gasteiger partial charge >= 0.3 is 5.97 Å². The molecular formula is C15H19FO2. The number of halogens is 1. The molecule has 2 rings (SSSR count). The van der Waals surface area contributed by atoms with Crippen molar-refractivity contribution in [2.75, 3.05) is 0 Å². The average molecular weight is 250 g/mol. The summed E-state index contributed by atoms with van der Waals surface area (Å²) in [5, 5.41) is 9.24. The number of carbonyl (C=O) groups is 1. The molecule has 1 aliphatic carbocycles. The van der Waals surface area contributed by atoms with Crippen LogP contribution in [0, 0.1) is 24.6 Å². The maximum absolute atomic E-state index is 13.2. The minimum Gasteiger partial charge on any atom is -0.481 e. The summed E-state index contributed by atoms with van der Waals surface area (Å²) in [7, 11) is 0. The van der Waals surface area contributed by atoms with Crippen LogP contribution in [-0.4, -0.2) is 11.1 Å². The number of rotatable bonds is 3. The molecule has 0 spiro atoms. The molecule has 3 heteroatoms.